The van der Waals surface area contributed by atoms with E-state index in [9.17, 15) is 9.59 Å². The van der Waals surface area contributed by atoms with E-state index < -0.39 is 0 Å². The molecule has 2 aromatic rings. The molecule has 0 atom stereocenters. The molecule has 0 aliphatic heterocycles. The highest BCUT2D eigenvalue weighted by molar-refractivity contribution is 6.02. The summed E-state index contributed by atoms with van der Waals surface area (Å²) in [6.07, 6.45) is 11.6. The Labute approximate surface area is 167 Å². The summed E-state index contributed by atoms with van der Waals surface area (Å²) in [5.74, 6) is -0.0169. The molecule has 2 saturated carbocycles. The number of hydrogen-bond donors (Lipinski definition) is 2. The van der Waals surface area contributed by atoms with E-state index in [0.29, 0.717) is 23.2 Å². The maximum atomic E-state index is 12.6. The van der Waals surface area contributed by atoms with Crippen molar-refractivity contribution < 1.29 is 9.59 Å². The molecular weight excluding hydrogens is 348 g/mol. The maximum Gasteiger partial charge on any atom is 0.251 e. The smallest absolute Gasteiger partial charge is 0.251 e. The van der Waals surface area contributed by atoms with Crippen molar-refractivity contribution >= 4 is 22.6 Å². The zero-order valence-electron chi connectivity index (χ0n) is 16.5. The summed E-state index contributed by atoms with van der Waals surface area (Å²) in [6.45, 7) is 0. The Morgan fingerprint density at radius 1 is 0.607 bits per heavy atom. The minimum Gasteiger partial charge on any atom is -0.349 e. The summed E-state index contributed by atoms with van der Waals surface area (Å²) in [6, 6.07) is 12.1. The van der Waals surface area contributed by atoms with Crippen molar-refractivity contribution in [2.75, 3.05) is 0 Å². The van der Waals surface area contributed by atoms with Crippen molar-refractivity contribution in [3.63, 3.8) is 0 Å². The molecule has 0 saturated heterocycles. The van der Waals surface area contributed by atoms with Crippen LogP contribution in [0.4, 0.5) is 0 Å². The van der Waals surface area contributed by atoms with Gasteiger partial charge in [0.15, 0.2) is 0 Å². The Hall–Kier alpha value is -2.36. The third-order valence-corrected chi connectivity index (χ3v) is 6.25. The third kappa shape index (κ3) is 4.54. The van der Waals surface area contributed by atoms with Gasteiger partial charge in [-0.3, -0.25) is 9.59 Å². The highest BCUT2D eigenvalue weighted by Crippen LogP contribution is 2.22. The van der Waals surface area contributed by atoms with Gasteiger partial charge in [-0.2, -0.15) is 0 Å². The van der Waals surface area contributed by atoms with Crippen LogP contribution in [-0.2, 0) is 0 Å². The Kier molecular flexibility index (Phi) is 5.94. The van der Waals surface area contributed by atoms with Gasteiger partial charge in [-0.05, 0) is 60.7 Å². The van der Waals surface area contributed by atoms with Crippen LogP contribution < -0.4 is 10.6 Å². The molecule has 2 aliphatic carbocycles. The zero-order valence-corrected chi connectivity index (χ0v) is 16.5. The summed E-state index contributed by atoms with van der Waals surface area (Å²) in [5, 5.41) is 8.33. The Morgan fingerprint density at radius 2 is 1.04 bits per heavy atom. The first-order valence-corrected chi connectivity index (χ1v) is 10.8. The molecule has 4 heteroatoms. The zero-order chi connectivity index (χ0) is 19.3. The van der Waals surface area contributed by atoms with Gasteiger partial charge >= 0.3 is 0 Å². The number of benzene rings is 2. The van der Waals surface area contributed by atoms with Crippen LogP contribution in [0, 0.1) is 0 Å². The standard InChI is InChI=1S/C24H30N2O2/c27-23(25-21-7-3-1-4-8-21)18-13-11-17-12-14-19(16-20(17)15-18)24(28)26-22-9-5-2-6-10-22/h11-16,21-22H,1-10H2,(H,25,27)(H,26,28). The first kappa shape index (κ1) is 19.0. The number of carbonyl (C=O) groups excluding carboxylic acids is 2. The van der Waals surface area contributed by atoms with Gasteiger partial charge < -0.3 is 10.6 Å². The van der Waals surface area contributed by atoms with Crippen LogP contribution in [0.1, 0.15) is 84.9 Å². The quantitative estimate of drug-likeness (QED) is 0.789. The molecule has 0 unspecified atom stereocenters. The molecule has 0 spiro atoms. The summed E-state index contributed by atoms with van der Waals surface area (Å²) in [7, 11) is 0. The van der Waals surface area contributed by atoms with E-state index in [2.05, 4.69) is 10.6 Å². The lowest BCUT2D eigenvalue weighted by Crippen LogP contribution is -2.36. The summed E-state index contributed by atoms with van der Waals surface area (Å²) in [4.78, 5) is 25.3. The fourth-order valence-corrected chi connectivity index (χ4v) is 4.56. The monoisotopic (exact) mass is 378 g/mol. The Morgan fingerprint density at radius 3 is 1.46 bits per heavy atom. The van der Waals surface area contributed by atoms with E-state index in [1.165, 1.54) is 38.5 Å². The average molecular weight is 379 g/mol. The van der Waals surface area contributed by atoms with E-state index in [4.69, 9.17) is 0 Å². The molecule has 0 heterocycles. The molecule has 148 valence electrons. The van der Waals surface area contributed by atoms with Crippen LogP contribution in [-0.4, -0.2) is 23.9 Å². The van der Waals surface area contributed by atoms with E-state index in [1.54, 1.807) is 0 Å². The molecule has 4 nitrogen and oxygen atoms in total. The fraction of sp³-hybridized carbons (Fsp3) is 0.500. The first-order chi connectivity index (χ1) is 13.7. The minimum absolute atomic E-state index is 0.00846. The van der Waals surface area contributed by atoms with Crippen molar-refractivity contribution in [1.82, 2.24) is 10.6 Å². The van der Waals surface area contributed by atoms with Crippen molar-refractivity contribution in [3.8, 4) is 0 Å². The molecular formula is C24H30N2O2. The fourth-order valence-electron chi connectivity index (χ4n) is 4.56. The first-order valence-electron chi connectivity index (χ1n) is 10.8. The van der Waals surface area contributed by atoms with Gasteiger partial charge in [0.1, 0.15) is 0 Å². The molecule has 2 N–H and O–H groups in total. The second kappa shape index (κ2) is 8.76. The van der Waals surface area contributed by atoms with Crippen LogP contribution in [0.15, 0.2) is 36.4 Å². The largest absolute Gasteiger partial charge is 0.349 e. The van der Waals surface area contributed by atoms with E-state index in [0.717, 1.165) is 36.5 Å². The van der Waals surface area contributed by atoms with E-state index in [1.807, 2.05) is 36.4 Å². The Bertz CT molecular complexity index is 782. The highest BCUT2D eigenvalue weighted by atomic mass is 16.2. The van der Waals surface area contributed by atoms with Gasteiger partial charge in [-0.15, -0.1) is 0 Å². The lowest BCUT2D eigenvalue weighted by molar-refractivity contribution is 0.0920. The average Bonchev–Trinajstić information content (AvgIpc) is 2.74. The molecule has 2 amide bonds. The number of amides is 2. The van der Waals surface area contributed by atoms with Gasteiger partial charge in [0.2, 0.25) is 0 Å². The van der Waals surface area contributed by atoms with E-state index >= 15 is 0 Å². The molecule has 0 aromatic heterocycles. The van der Waals surface area contributed by atoms with Crippen molar-refractivity contribution in [2.24, 2.45) is 0 Å². The number of hydrogen-bond acceptors (Lipinski definition) is 2. The number of fused-ring (bicyclic) bond motifs is 1. The number of nitrogens with one attached hydrogen (secondary N) is 2. The van der Waals surface area contributed by atoms with Crippen LogP contribution in [0.5, 0.6) is 0 Å². The normalized spacial score (nSPS) is 18.7. The third-order valence-electron chi connectivity index (χ3n) is 6.25. The second-order valence-corrected chi connectivity index (χ2v) is 8.39. The van der Waals surface area contributed by atoms with Gasteiger partial charge in [-0.1, -0.05) is 50.7 Å². The molecule has 2 fully saturated rings. The van der Waals surface area contributed by atoms with Gasteiger partial charge in [0.05, 0.1) is 0 Å². The minimum atomic E-state index is -0.00846. The molecule has 28 heavy (non-hydrogen) atoms. The number of rotatable bonds is 4. The highest BCUT2D eigenvalue weighted by Gasteiger charge is 2.18. The Balaban J connectivity index is 1.48. The molecule has 2 aliphatic rings. The lowest BCUT2D eigenvalue weighted by Gasteiger charge is -2.23. The van der Waals surface area contributed by atoms with Gasteiger partial charge in [-0.25, -0.2) is 0 Å². The van der Waals surface area contributed by atoms with Crippen LogP contribution in [0.3, 0.4) is 0 Å². The van der Waals surface area contributed by atoms with Gasteiger partial charge in [0.25, 0.3) is 11.8 Å². The summed E-state index contributed by atoms with van der Waals surface area (Å²) >= 11 is 0. The predicted molar refractivity (Wildman–Crippen MR) is 113 cm³/mol. The van der Waals surface area contributed by atoms with Crippen LogP contribution in [0.25, 0.3) is 10.8 Å². The van der Waals surface area contributed by atoms with E-state index in [-0.39, 0.29) is 11.8 Å². The molecule has 0 radical (unpaired) electrons. The predicted octanol–water partition coefficient (Wildman–Crippen LogP) is 4.96. The van der Waals surface area contributed by atoms with Gasteiger partial charge in [0, 0.05) is 23.2 Å². The summed E-state index contributed by atoms with van der Waals surface area (Å²) in [5.41, 5.74) is 1.34. The second-order valence-electron chi connectivity index (χ2n) is 8.39. The van der Waals surface area contributed by atoms with Crippen molar-refractivity contribution in [3.05, 3.63) is 47.5 Å². The number of carbonyl (C=O) groups is 2. The summed E-state index contributed by atoms with van der Waals surface area (Å²) < 4.78 is 0. The lowest BCUT2D eigenvalue weighted by atomic mass is 9.95. The molecule has 4 rings (SSSR count). The van der Waals surface area contributed by atoms with Crippen LogP contribution >= 0.6 is 0 Å². The van der Waals surface area contributed by atoms with Crippen LogP contribution in [0.2, 0.25) is 0 Å². The maximum absolute atomic E-state index is 12.6. The van der Waals surface area contributed by atoms with Crippen molar-refractivity contribution in [2.45, 2.75) is 76.3 Å². The topological polar surface area (TPSA) is 58.2 Å². The molecule has 2 aromatic carbocycles. The van der Waals surface area contributed by atoms with Crippen molar-refractivity contribution in [1.29, 1.82) is 0 Å². The molecule has 0 bridgehead atoms. The SMILES string of the molecule is O=C(NC1CCCCC1)c1ccc2ccc(C(=O)NC3CCCCC3)cc2c1.